The quantitative estimate of drug-likeness (QED) is 0.204. The van der Waals surface area contributed by atoms with Gasteiger partial charge in [0.15, 0.2) is 17.3 Å². The maximum atomic E-state index is 13.2. The minimum Gasteiger partial charge on any atom is -0.369 e. The van der Waals surface area contributed by atoms with Gasteiger partial charge in [-0.2, -0.15) is 0 Å². The monoisotopic (exact) mass is 776 g/mol. The highest BCUT2D eigenvalue weighted by Crippen LogP contribution is 2.32. The van der Waals surface area contributed by atoms with Crippen molar-refractivity contribution < 1.29 is 24.0 Å². The van der Waals surface area contributed by atoms with Crippen LogP contribution < -0.4 is 20.9 Å². The summed E-state index contributed by atoms with van der Waals surface area (Å²) < 4.78 is 0. The highest BCUT2D eigenvalue weighted by Gasteiger charge is 2.40. The number of amides is 4. The third-order valence-electron chi connectivity index (χ3n) is 12.3. The lowest BCUT2D eigenvalue weighted by molar-refractivity contribution is -0.133. The molecule has 1 aliphatic carbocycles. The number of rotatable bonds is 12. The van der Waals surface area contributed by atoms with E-state index >= 15 is 0 Å². The summed E-state index contributed by atoms with van der Waals surface area (Å²) >= 11 is 0. The Kier molecular flexibility index (Phi) is 11.1. The summed E-state index contributed by atoms with van der Waals surface area (Å²) in [5, 5.41) is 3.28. The van der Waals surface area contributed by atoms with Crippen LogP contribution >= 0.6 is 0 Å². The number of primary amides is 1. The molecule has 3 N–H and O–H groups in total. The number of nitrogens with one attached hydrogen (secondary N) is 1. The number of likely N-dealkylation sites (N-methyl/N-ethyl adjacent to an activating group) is 1. The van der Waals surface area contributed by atoms with Crippen LogP contribution in [0.2, 0.25) is 0 Å². The lowest BCUT2D eigenvalue weighted by Crippen LogP contribution is -2.49. The van der Waals surface area contributed by atoms with E-state index in [0.29, 0.717) is 43.1 Å². The number of hydrogen-bond donors (Lipinski definition) is 2. The Morgan fingerprint density at radius 1 is 0.895 bits per heavy atom. The van der Waals surface area contributed by atoms with Gasteiger partial charge in [0.05, 0.1) is 24.7 Å². The molecule has 1 aromatic heterocycles. The number of ketones is 2. The van der Waals surface area contributed by atoms with Crippen molar-refractivity contribution in [3.05, 3.63) is 71.0 Å². The molecule has 5 heterocycles. The summed E-state index contributed by atoms with van der Waals surface area (Å²) in [7, 11) is 1.83. The standard InChI is InChI=1S/C42H52N10O5/c1-47-18-23-51(42(47)57)31-8-5-17-50(26-31)37-25-44-38(39(43)55)40(46-37)45-29-10-12-30(13-11-29)49-21-19-48(20-22-49)16-3-2-6-28-7-4-9-33-34(28)27-52(41(33)56)35-15-14-32(53)24-36(35)54/h4,7,9-13,25,31,35H,2-3,5-6,8,14-24,26-27H2,1H3,(H2,43,55)(H,45,46)/t31-,35?/m1/s1. The SMILES string of the molecule is CN1CCN([C@@H]2CCCN(c3cnc(C(N)=O)c(Nc4ccc(N5CCN(CCCCc6cccc7c6CN(C6CCC(=O)CC6=O)C7=O)CC5)cc4)n3)C2)C1=O. The summed E-state index contributed by atoms with van der Waals surface area (Å²) in [6, 6.07) is 13.7. The van der Waals surface area contributed by atoms with Gasteiger partial charge >= 0.3 is 6.03 Å². The van der Waals surface area contributed by atoms with Gasteiger partial charge in [-0.3, -0.25) is 24.1 Å². The number of fused-ring (bicyclic) bond motifs is 1. The molecular formula is C42H52N10O5. The number of benzene rings is 2. The third kappa shape index (κ3) is 8.16. The summed E-state index contributed by atoms with van der Waals surface area (Å²) in [5.74, 6) is 0.0352. The molecule has 4 fully saturated rings. The zero-order chi connectivity index (χ0) is 39.6. The van der Waals surface area contributed by atoms with Crippen molar-refractivity contribution in [3.63, 3.8) is 0 Å². The zero-order valence-corrected chi connectivity index (χ0v) is 32.7. The second-order valence-electron chi connectivity index (χ2n) is 16.0. The molecule has 4 aliphatic heterocycles. The molecule has 15 nitrogen and oxygen atoms in total. The van der Waals surface area contributed by atoms with Gasteiger partial charge in [-0.15, -0.1) is 0 Å². The summed E-state index contributed by atoms with van der Waals surface area (Å²) in [6.07, 6.45) is 7.13. The van der Waals surface area contributed by atoms with Gasteiger partial charge in [-0.25, -0.2) is 14.8 Å². The maximum absolute atomic E-state index is 13.2. The summed E-state index contributed by atoms with van der Waals surface area (Å²) in [4.78, 5) is 84.2. The molecule has 8 rings (SSSR count). The molecule has 2 aromatic carbocycles. The van der Waals surface area contributed by atoms with Crippen molar-refractivity contribution in [2.24, 2.45) is 5.73 Å². The van der Waals surface area contributed by atoms with Gasteiger partial charge in [0.25, 0.3) is 11.8 Å². The number of piperidine rings is 1. The molecule has 0 spiro atoms. The Hall–Kier alpha value is -5.57. The van der Waals surface area contributed by atoms with E-state index in [9.17, 15) is 24.0 Å². The van der Waals surface area contributed by atoms with E-state index in [-0.39, 0.29) is 41.7 Å². The number of carbonyl (C=O) groups is 5. The molecule has 15 heteroatoms. The molecule has 2 atom stereocenters. The number of nitrogens with zero attached hydrogens (tertiary/aromatic N) is 8. The van der Waals surface area contributed by atoms with E-state index in [1.807, 2.05) is 36.2 Å². The fraction of sp³-hybridized carbons (Fsp3) is 0.500. The lowest BCUT2D eigenvalue weighted by Gasteiger charge is -2.37. The number of anilines is 4. The van der Waals surface area contributed by atoms with Crippen LogP contribution in [0, 0.1) is 0 Å². The van der Waals surface area contributed by atoms with E-state index in [4.69, 9.17) is 10.7 Å². The predicted octanol–water partition coefficient (Wildman–Crippen LogP) is 3.45. The van der Waals surface area contributed by atoms with Crippen LogP contribution in [-0.2, 0) is 22.6 Å². The van der Waals surface area contributed by atoms with Crippen LogP contribution in [0.4, 0.5) is 27.8 Å². The molecule has 1 unspecified atom stereocenters. The van der Waals surface area contributed by atoms with Crippen LogP contribution in [0.1, 0.15) is 76.9 Å². The average Bonchev–Trinajstić information content (AvgIpc) is 3.74. The fourth-order valence-corrected chi connectivity index (χ4v) is 9.09. The number of Topliss-reactive ketones (excluding diaryl/α,β-unsaturated/α-hetero) is 2. The average molecular weight is 777 g/mol. The number of urea groups is 1. The summed E-state index contributed by atoms with van der Waals surface area (Å²) in [5.41, 5.74) is 10.6. The molecule has 1 saturated carbocycles. The normalized spacial score (nSPS) is 21.8. The minimum atomic E-state index is -0.659. The number of carbonyl (C=O) groups excluding carboxylic acids is 5. The van der Waals surface area contributed by atoms with Gasteiger partial charge in [-0.1, -0.05) is 12.1 Å². The number of nitrogens with two attached hydrogens (primary N) is 1. The van der Waals surface area contributed by atoms with E-state index in [0.717, 1.165) is 101 Å². The van der Waals surface area contributed by atoms with E-state index in [2.05, 4.69) is 43.2 Å². The van der Waals surface area contributed by atoms with E-state index < -0.39 is 11.9 Å². The Labute approximate surface area is 333 Å². The molecule has 5 aliphatic rings. The number of aromatic nitrogens is 2. The Balaban J connectivity index is 0.810. The molecule has 300 valence electrons. The minimum absolute atomic E-state index is 0.0314. The van der Waals surface area contributed by atoms with Crippen LogP contribution in [0.15, 0.2) is 48.7 Å². The number of aryl methyl sites for hydroxylation is 1. The van der Waals surface area contributed by atoms with Gasteiger partial charge in [-0.05, 0) is 86.5 Å². The van der Waals surface area contributed by atoms with Crippen molar-refractivity contribution in [2.45, 2.75) is 70.0 Å². The second-order valence-corrected chi connectivity index (χ2v) is 16.0. The first-order chi connectivity index (χ1) is 27.6. The zero-order valence-electron chi connectivity index (χ0n) is 32.7. The molecule has 4 amide bonds. The largest absolute Gasteiger partial charge is 0.369 e. The van der Waals surface area contributed by atoms with Gasteiger partial charge < -0.3 is 35.6 Å². The first-order valence-electron chi connectivity index (χ1n) is 20.4. The molecule has 3 saturated heterocycles. The summed E-state index contributed by atoms with van der Waals surface area (Å²) in [6.45, 7) is 8.11. The smallest absolute Gasteiger partial charge is 0.320 e. The lowest BCUT2D eigenvalue weighted by atomic mass is 9.92. The molecule has 0 radical (unpaired) electrons. The Morgan fingerprint density at radius 2 is 1.70 bits per heavy atom. The number of piperazine rings is 1. The van der Waals surface area contributed by atoms with Crippen LogP contribution in [-0.4, -0.2) is 137 Å². The number of hydrogen-bond acceptors (Lipinski definition) is 11. The van der Waals surface area contributed by atoms with Crippen LogP contribution in [0.25, 0.3) is 0 Å². The first kappa shape index (κ1) is 38.3. The number of unbranched alkanes of at least 4 members (excludes halogenated alkanes) is 1. The Morgan fingerprint density at radius 3 is 2.44 bits per heavy atom. The van der Waals surface area contributed by atoms with Crippen molar-refractivity contribution in [1.82, 2.24) is 29.6 Å². The molecule has 0 bridgehead atoms. The van der Waals surface area contributed by atoms with Crippen molar-refractivity contribution >= 4 is 52.4 Å². The third-order valence-corrected chi connectivity index (χ3v) is 12.3. The van der Waals surface area contributed by atoms with Crippen molar-refractivity contribution in [2.75, 3.05) is 81.1 Å². The van der Waals surface area contributed by atoms with Crippen molar-refractivity contribution in [3.8, 4) is 0 Å². The first-order valence-corrected chi connectivity index (χ1v) is 20.4. The van der Waals surface area contributed by atoms with Crippen LogP contribution in [0.5, 0.6) is 0 Å². The van der Waals surface area contributed by atoms with Crippen molar-refractivity contribution in [1.29, 1.82) is 0 Å². The molecule has 57 heavy (non-hydrogen) atoms. The highest BCUT2D eigenvalue weighted by molar-refractivity contribution is 6.07. The van der Waals surface area contributed by atoms with E-state index in [1.165, 1.54) is 5.56 Å². The molecule has 3 aromatic rings. The predicted molar refractivity (Wildman–Crippen MR) is 216 cm³/mol. The highest BCUT2D eigenvalue weighted by atomic mass is 16.2. The maximum Gasteiger partial charge on any atom is 0.320 e. The molecular weight excluding hydrogens is 725 g/mol. The Bertz CT molecular complexity index is 2030. The topological polar surface area (TPSA) is 169 Å². The van der Waals surface area contributed by atoms with Gasteiger partial charge in [0, 0.05) is 89.3 Å². The van der Waals surface area contributed by atoms with Gasteiger partial charge in [0.2, 0.25) is 0 Å². The van der Waals surface area contributed by atoms with E-state index in [1.54, 1.807) is 16.0 Å². The second kappa shape index (κ2) is 16.5. The van der Waals surface area contributed by atoms with Gasteiger partial charge in [0.1, 0.15) is 11.6 Å². The van der Waals surface area contributed by atoms with Crippen LogP contribution in [0.3, 0.4) is 0 Å². The fourth-order valence-electron chi connectivity index (χ4n) is 9.09.